The number of hydrogen-bond acceptors (Lipinski definition) is 5. The highest BCUT2D eigenvalue weighted by Gasteiger charge is 2.16. The molecule has 3 aromatic rings. The van der Waals surface area contributed by atoms with Gasteiger partial charge in [0.2, 0.25) is 5.91 Å². The zero-order chi connectivity index (χ0) is 20.8. The second-order valence-electron chi connectivity index (χ2n) is 6.52. The van der Waals surface area contributed by atoms with Crippen molar-refractivity contribution in [2.75, 3.05) is 14.2 Å². The third-order valence-electron chi connectivity index (χ3n) is 4.53. The number of nitrogens with zero attached hydrogens (tertiary/aromatic N) is 1. The van der Waals surface area contributed by atoms with E-state index in [0.717, 1.165) is 11.1 Å². The average Bonchev–Trinajstić information content (AvgIpc) is 3.21. The second kappa shape index (κ2) is 9.23. The van der Waals surface area contributed by atoms with Crippen LogP contribution >= 0.6 is 0 Å². The molecule has 2 aromatic carbocycles. The van der Waals surface area contributed by atoms with E-state index in [1.54, 1.807) is 44.7 Å². The molecule has 0 aliphatic rings. The van der Waals surface area contributed by atoms with Crippen LogP contribution in [0.3, 0.4) is 0 Å². The minimum Gasteiger partial charge on any atom is -0.497 e. The average molecular weight is 398 g/mol. The molecule has 1 N–H and O–H groups in total. The molecule has 0 aliphatic carbocycles. The molecule has 152 valence electrons. The van der Waals surface area contributed by atoms with E-state index in [1.165, 1.54) is 12.1 Å². The summed E-state index contributed by atoms with van der Waals surface area (Å²) in [6.07, 6.45) is 2.15. The molecule has 1 amide bonds. The van der Waals surface area contributed by atoms with Crippen LogP contribution in [0.15, 0.2) is 53.1 Å². The van der Waals surface area contributed by atoms with Crippen LogP contribution in [0.1, 0.15) is 30.8 Å². The van der Waals surface area contributed by atoms with Gasteiger partial charge in [-0.15, -0.1) is 0 Å². The highest BCUT2D eigenvalue weighted by atomic mass is 19.1. The van der Waals surface area contributed by atoms with Gasteiger partial charge in [0.1, 0.15) is 17.3 Å². The van der Waals surface area contributed by atoms with Crippen molar-refractivity contribution in [3.63, 3.8) is 0 Å². The quantitative estimate of drug-likeness (QED) is 0.612. The Balaban J connectivity index is 1.58. The summed E-state index contributed by atoms with van der Waals surface area (Å²) in [5.74, 6) is 1.90. The fourth-order valence-corrected chi connectivity index (χ4v) is 2.96. The Hall–Kier alpha value is -3.35. The molecule has 0 saturated carbocycles. The molecule has 29 heavy (non-hydrogen) atoms. The summed E-state index contributed by atoms with van der Waals surface area (Å²) in [6, 6.07) is 11.2. The first-order valence-electron chi connectivity index (χ1n) is 9.22. The summed E-state index contributed by atoms with van der Waals surface area (Å²) in [4.78, 5) is 16.6. The number of aromatic nitrogens is 1. The van der Waals surface area contributed by atoms with Crippen LogP contribution in [0.2, 0.25) is 0 Å². The standard InChI is InChI=1S/C22H23FN2O4/c1-14(18-12-17(27-2)8-9-19(18)28-3)25-21(26)10-11-22-24-13-20(29-22)15-4-6-16(23)7-5-15/h4-9,12-14H,10-11H2,1-3H3,(H,25,26)/t14-/m1/s1. The van der Waals surface area contributed by atoms with E-state index in [2.05, 4.69) is 10.3 Å². The number of benzene rings is 2. The van der Waals surface area contributed by atoms with Crippen LogP contribution in [-0.2, 0) is 11.2 Å². The molecule has 1 aromatic heterocycles. The van der Waals surface area contributed by atoms with E-state index in [-0.39, 0.29) is 24.2 Å². The maximum Gasteiger partial charge on any atom is 0.220 e. The smallest absolute Gasteiger partial charge is 0.220 e. The second-order valence-corrected chi connectivity index (χ2v) is 6.52. The first-order chi connectivity index (χ1) is 14.0. The van der Waals surface area contributed by atoms with Gasteiger partial charge in [-0.2, -0.15) is 0 Å². The lowest BCUT2D eigenvalue weighted by molar-refractivity contribution is -0.121. The van der Waals surface area contributed by atoms with Gasteiger partial charge in [0.05, 0.1) is 26.5 Å². The predicted octanol–water partition coefficient (Wildman–Crippen LogP) is 4.31. The van der Waals surface area contributed by atoms with E-state index < -0.39 is 0 Å². The van der Waals surface area contributed by atoms with Crippen LogP contribution in [-0.4, -0.2) is 25.1 Å². The van der Waals surface area contributed by atoms with E-state index in [4.69, 9.17) is 13.9 Å². The van der Waals surface area contributed by atoms with Gasteiger partial charge in [0, 0.05) is 24.0 Å². The predicted molar refractivity (Wildman–Crippen MR) is 106 cm³/mol. The molecule has 0 saturated heterocycles. The van der Waals surface area contributed by atoms with Gasteiger partial charge in [0.25, 0.3) is 0 Å². The highest BCUT2D eigenvalue weighted by Crippen LogP contribution is 2.29. The summed E-state index contributed by atoms with van der Waals surface area (Å²) in [5.41, 5.74) is 1.56. The molecule has 0 aliphatic heterocycles. The van der Waals surface area contributed by atoms with Gasteiger partial charge < -0.3 is 19.2 Å². The largest absolute Gasteiger partial charge is 0.497 e. The van der Waals surface area contributed by atoms with Crippen molar-refractivity contribution < 1.29 is 23.1 Å². The third kappa shape index (κ3) is 5.13. The maximum atomic E-state index is 13.0. The van der Waals surface area contributed by atoms with E-state index in [9.17, 15) is 9.18 Å². The molecule has 0 spiro atoms. The Bertz CT molecular complexity index is 969. The SMILES string of the molecule is COc1ccc(OC)c([C@@H](C)NC(=O)CCc2ncc(-c3ccc(F)cc3)o2)c1. The Morgan fingerprint density at radius 2 is 1.93 bits per heavy atom. The maximum absolute atomic E-state index is 13.0. The summed E-state index contributed by atoms with van der Waals surface area (Å²) in [6.45, 7) is 1.88. The summed E-state index contributed by atoms with van der Waals surface area (Å²) >= 11 is 0. The summed E-state index contributed by atoms with van der Waals surface area (Å²) < 4.78 is 29.3. The van der Waals surface area contributed by atoms with Gasteiger partial charge in [-0.25, -0.2) is 9.37 Å². The lowest BCUT2D eigenvalue weighted by Crippen LogP contribution is -2.27. The lowest BCUT2D eigenvalue weighted by atomic mass is 10.1. The zero-order valence-corrected chi connectivity index (χ0v) is 16.6. The number of halogens is 1. The monoisotopic (exact) mass is 398 g/mol. The third-order valence-corrected chi connectivity index (χ3v) is 4.53. The van der Waals surface area contributed by atoms with E-state index in [1.807, 2.05) is 13.0 Å². The van der Waals surface area contributed by atoms with Crippen LogP contribution in [0.25, 0.3) is 11.3 Å². The number of hydrogen-bond donors (Lipinski definition) is 1. The molecule has 7 heteroatoms. The Morgan fingerprint density at radius 3 is 2.62 bits per heavy atom. The topological polar surface area (TPSA) is 73.6 Å². The normalized spacial score (nSPS) is 11.7. The molecule has 6 nitrogen and oxygen atoms in total. The summed E-state index contributed by atoms with van der Waals surface area (Å²) in [5, 5.41) is 2.95. The number of ether oxygens (including phenoxy) is 2. The van der Waals surface area contributed by atoms with Crippen molar-refractivity contribution in [1.82, 2.24) is 10.3 Å². The van der Waals surface area contributed by atoms with Gasteiger partial charge >= 0.3 is 0 Å². The van der Waals surface area contributed by atoms with Crippen molar-refractivity contribution in [2.45, 2.75) is 25.8 Å². The Labute approximate surface area is 168 Å². The number of rotatable bonds is 8. The highest BCUT2D eigenvalue weighted by molar-refractivity contribution is 5.76. The minimum absolute atomic E-state index is 0.135. The van der Waals surface area contributed by atoms with Crippen LogP contribution < -0.4 is 14.8 Å². The van der Waals surface area contributed by atoms with Crippen molar-refractivity contribution in [2.24, 2.45) is 0 Å². The molecule has 1 heterocycles. The molecule has 3 rings (SSSR count). The van der Waals surface area contributed by atoms with Crippen molar-refractivity contribution in [1.29, 1.82) is 0 Å². The number of amides is 1. The summed E-state index contributed by atoms with van der Waals surface area (Å²) in [7, 11) is 3.17. The van der Waals surface area contributed by atoms with E-state index in [0.29, 0.717) is 29.6 Å². The molecule has 0 bridgehead atoms. The molecular formula is C22H23FN2O4. The van der Waals surface area contributed by atoms with Crippen LogP contribution in [0, 0.1) is 5.82 Å². The van der Waals surface area contributed by atoms with Gasteiger partial charge in [-0.3, -0.25) is 4.79 Å². The lowest BCUT2D eigenvalue weighted by Gasteiger charge is -2.18. The first-order valence-corrected chi connectivity index (χ1v) is 9.22. The molecule has 0 fully saturated rings. The van der Waals surface area contributed by atoms with Crippen molar-refractivity contribution >= 4 is 5.91 Å². The fraction of sp³-hybridized carbons (Fsp3) is 0.273. The van der Waals surface area contributed by atoms with Gasteiger partial charge in [-0.05, 0) is 49.4 Å². The number of carbonyl (C=O) groups is 1. The molecular weight excluding hydrogens is 375 g/mol. The Kier molecular flexibility index (Phi) is 6.49. The van der Waals surface area contributed by atoms with Crippen LogP contribution in [0.5, 0.6) is 11.5 Å². The number of carbonyl (C=O) groups excluding carboxylic acids is 1. The van der Waals surface area contributed by atoms with Crippen LogP contribution in [0.4, 0.5) is 4.39 Å². The molecule has 0 radical (unpaired) electrons. The number of oxazole rings is 1. The van der Waals surface area contributed by atoms with E-state index >= 15 is 0 Å². The minimum atomic E-state index is -0.313. The van der Waals surface area contributed by atoms with Gasteiger partial charge in [0.15, 0.2) is 11.7 Å². The Morgan fingerprint density at radius 1 is 1.17 bits per heavy atom. The number of aryl methyl sites for hydroxylation is 1. The van der Waals surface area contributed by atoms with Crippen molar-refractivity contribution in [3.05, 3.63) is 65.9 Å². The fourth-order valence-electron chi connectivity index (χ4n) is 2.96. The molecule has 1 atom stereocenters. The van der Waals surface area contributed by atoms with Gasteiger partial charge in [-0.1, -0.05) is 0 Å². The number of methoxy groups -OCH3 is 2. The number of nitrogens with one attached hydrogen (secondary N) is 1. The molecule has 0 unspecified atom stereocenters. The zero-order valence-electron chi connectivity index (χ0n) is 16.6. The first kappa shape index (κ1) is 20.4. The van der Waals surface area contributed by atoms with Crippen molar-refractivity contribution in [3.8, 4) is 22.8 Å².